The fourth-order valence-corrected chi connectivity index (χ4v) is 1.94. The standard InChI is InChI=1S/C13H17N5O2/c1-8-10(13(19)20-4)5-6-11(15-8)16-9(2)12-17-14-7-18(12)3/h5-7,9H,1-4H3,(H,15,16). The van der Waals surface area contributed by atoms with E-state index in [1.165, 1.54) is 7.11 Å². The number of hydrogen-bond donors (Lipinski definition) is 1. The molecule has 106 valence electrons. The van der Waals surface area contributed by atoms with Crippen LogP contribution in [0.5, 0.6) is 0 Å². The van der Waals surface area contributed by atoms with Gasteiger partial charge in [0.2, 0.25) is 0 Å². The molecule has 2 heterocycles. The number of ether oxygens (including phenoxy) is 1. The summed E-state index contributed by atoms with van der Waals surface area (Å²) in [5.74, 6) is 1.09. The minimum Gasteiger partial charge on any atom is -0.465 e. The summed E-state index contributed by atoms with van der Waals surface area (Å²) in [6.07, 6.45) is 1.65. The Balaban J connectivity index is 2.17. The highest BCUT2D eigenvalue weighted by Crippen LogP contribution is 2.17. The number of hydrogen-bond acceptors (Lipinski definition) is 6. The zero-order valence-corrected chi connectivity index (χ0v) is 11.9. The number of carbonyl (C=O) groups is 1. The average Bonchev–Trinajstić information content (AvgIpc) is 2.84. The molecule has 0 fully saturated rings. The molecule has 0 saturated carbocycles. The zero-order chi connectivity index (χ0) is 14.7. The smallest absolute Gasteiger partial charge is 0.339 e. The molecule has 0 spiro atoms. The Bertz CT molecular complexity index is 623. The molecule has 0 aliphatic rings. The van der Waals surface area contributed by atoms with Gasteiger partial charge in [0.1, 0.15) is 12.1 Å². The molecule has 7 nitrogen and oxygen atoms in total. The molecule has 0 aliphatic heterocycles. The molecule has 20 heavy (non-hydrogen) atoms. The van der Waals surface area contributed by atoms with Gasteiger partial charge in [-0.1, -0.05) is 0 Å². The van der Waals surface area contributed by atoms with Gasteiger partial charge in [0.05, 0.1) is 24.4 Å². The topological polar surface area (TPSA) is 81.9 Å². The van der Waals surface area contributed by atoms with Crippen LogP contribution in [-0.2, 0) is 11.8 Å². The number of anilines is 1. The predicted octanol–water partition coefficient (Wildman–Crippen LogP) is 1.48. The van der Waals surface area contributed by atoms with Gasteiger partial charge in [0.25, 0.3) is 0 Å². The van der Waals surface area contributed by atoms with Crippen molar-refractivity contribution >= 4 is 11.8 Å². The number of carbonyl (C=O) groups excluding carboxylic acids is 1. The normalized spacial score (nSPS) is 12.0. The quantitative estimate of drug-likeness (QED) is 0.851. The SMILES string of the molecule is COC(=O)c1ccc(NC(C)c2nncn2C)nc1C. The van der Waals surface area contributed by atoms with Crippen LogP contribution in [0.4, 0.5) is 5.82 Å². The van der Waals surface area contributed by atoms with Crippen LogP contribution in [-0.4, -0.2) is 32.8 Å². The molecular formula is C13H17N5O2. The lowest BCUT2D eigenvalue weighted by Gasteiger charge is -2.14. The van der Waals surface area contributed by atoms with Crippen molar-refractivity contribution in [1.82, 2.24) is 19.7 Å². The van der Waals surface area contributed by atoms with Gasteiger partial charge in [-0.15, -0.1) is 10.2 Å². The minimum absolute atomic E-state index is 0.0432. The van der Waals surface area contributed by atoms with Gasteiger partial charge in [-0.05, 0) is 26.0 Å². The van der Waals surface area contributed by atoms with E-state index in [1.807, 2.05) is 18.5 Å². The average molecular weight is 275 g/mol. The number of nitrogens with zero attached hydrogens (tertiary/aromatic N) is 4. The molecule has 0 bridgehead atoms. The summed E-state index contributed by atoms with van der Waals surface area (Å²) in [5.41, 5.74) is 1.08. The second-order valence-electron chi connectivity index (χ2n) is 4.49. The van der Waals surface area contributed by atoms with E-state index in [2.05, 4.69) is 20.5 Å². The van der Waals surface area contributed by atoms with E-state index in [-0.39, 0.29) is 12.0 Å². The first-order valence-corrected chi connectivity index (χ1v) is 6.19. The highest BCUT2D eigenvalue weighted by molar-refractivity contribution is 5.90. The molecule has 2 rings (SSSR count). The van der Waals surface area contributed by atoms with E-state index in [0.29, 0.717) is 17.1 Å². The fourth-order valence-electron chi connectivity index (χ4n) is 1.94. The molecule has 0 aliphatic carbocycles. The van der Waals surface area contributed by atoms with Crippen molar-refractivity contribution in [3.8, 4) is 0 Å². The highest BCUT2D eigenvalue weighted by Gasteiger charge is 2.14. The first-order chi connectivity index (χ1) is 9.52. The minimum atomic E-state index is -0.386. The first kappa shape index (κ1) is 14.0. The Morgan fingerprint density at radius 2 is 2.20 bits per heavy atom. The molecule has 0 amide bonds. The van der Waals surface area contributed by atoms with E-state index in [4.69, 9.17) is 4.74 Å². The number of aromatic nitrogens is 4. The third-order valence-electron chi connectivity index (χ3n) is 2.99. The van der Waals surface area contributed by atoms with Gasteiger partial charge < -0.3 is 14.6 Å². The van der Waals surface area contributed by atoms with E-state index in [9.17, 15) is 4.79 Å². The lowest BCUT2D eigenvalue weighted by Crippen LogP contribution is -2.14. The second-order valence-corrected chi connectivity index (χ2v) is 4.49. The monoisotopic (exact) mass is 275 g/mol. The molecular weight excluding hydrogens is 258 g/mol. The van der Waals surface area contributed by atoms with E-state index >= 15 is 0 Å². The third kappa shape index (κ3) is 2.76. The zero-order valence-electron chi connectivity index (χ0n) is 11.9. The molecule has 1 unspecified atom stereocenters. The summed E-state index contributed by atoms with van der Waals surface area (Å²) in [6.45, 7) is 3.74. The summed E-state index contributed by atoms with van der Waals surface area (Å²) < 4.78 is 6.53. The maximum Gasteiger partial charge on any atom is 0.339 e. The summed E-state index contributed by atoms with van der Waals surface area (Å²) in [7, 11) is 3.23. The van der Waals surface area contributed by atoms with Gasteiger partial charge in [0.15, 0.2) is 5.82 Å². The van der Waals surface area contributed by atoms with Crippen molar-refractivity contribution in [2.24, 2.45) is 7.05 Å². The second kappa shape index (κ2) is 5.68. The number of methoxy groups -OCH3 is 1. The van der Waals surface area contributed by atoms with Crippen LogP contribution in [0, 0.1) is 6.92 Å². The molecule has 0 saturated heterocycles. The molecule has 2 aromatic heterocycles. The van der Waals surface area contributed by atoms with Crippen molar-refractivity contribution in [2.45, 2.75) is 19.9 Å². The number of pyridine rings is 1. The Kier molecular flexibility index (Phi) is 3.97. The van der Waals surface area contributed by atoms with Crippen LogP contribution in [0.3, 0.4) is 0 Å². The van der Waals surface area contributed by atoms with Gasteiger partial charge in [0, 0.05) is 7.05 Å². The largest absolute Gasteiger partial charge is 0.465 e. The van der Waals surface area contributed by atoms with Crippen LogP contribution in [0.1, 0.15) is 34.8 Å². The Morgan fingerprint density at radius 1 is 1.45 bits per heavy atom. The number of nitrogens with one attached hydrogen (secondary N) is 1. The lowest BCUT2D eigenvalue weighted by atomic mass is 10.2. The summed E-state index contributed by atoms with van der Waals surface area (Å²) in [5, 5.41) is 11.1. The molecule has 7 heteroatoms. The van der Waals surface area contributed by atoms with E-state index in [0.717, 1.165) is 5.82 Å². The molecule has 0 aromatic carbocycles. The fraction of sp³-hybridized carbons (Fsp3) is 0.385. The van der Waals surface area contributed by atoms with Gasteiger partial charge in [-0.3, -0.25) is 0 Å². The maximum absolute atomic E-state index is 11.5. The van der Waals surface area contributed by atoms with Crippen LogP contribution in [0.25, 0.3) is 0 Å². The van der Waals surface area contributed by atoms with Crippen molar-refractivity contribution < 1.29 is 9.53 Å². The Labute approximate surface area is 117 Å². The predicted molar refractivity (Wildman–Crippen MR) is 73.4 cm³/mol. The molecule has 1 atom stereocenters. The van der Waals surface area contributed by atoms with Crippen molar-refractivity contribution in [3.05, 3.63) is 35.5 Å². The van der Waals surface area contributed by atoms with Crippen molar-refractivity contribution in [1.29, 1.82) is 0 Å². The number of aryl methyl sites for hydroxylation is 2. The van der Waals surface area contributed by atoms with E-state index < -0.39 is 0 Å². The van der Waals surface area contributed by atoms with Crippen LogP contribution < -0.4 is 5.32 Å². The summed E-state index contributed by atoms with van der Waals surface area (Å²) in [6, 6.07) is 3.39. The summed E-state index contributed by atoms with van der Waals surface area (Å²) in [4.78, 5) is 15.8. The number of rotatable bonds is 4. The van der Waals surface area contributed by atoms with Gasteiger partial charge in [-0.2, -0.15) is 0 Å². The van der Waals surface area contributed by atoms with Crippen LogP contribution in [0.2, 0.25) is 0 Å². The Hall–Kier alpha value is -2.44. The van der Waals surface area contributed by atoms with Gasteiger partial charge in [-0.25, -0.2) is 9.78 Å². The maximum atomic E-state index is 11.5. The van der Waals surface area contributed by atoms with Crippen LogP contribution >= 0.6 is 0 Å². The van der Waals surface area contributed by atoms with E-state index in [1.54, 1.807) is 25.4 Å². The molecule has 0 radical (unpaired) electrons. The number of esters is 1. The van der Waals surface area contributed by atoms with Crippen molar-refractivity contribution in [2.75, 3.05) is 12.4 Å². The van der Waals surface area contributed by atoms with Crippen molar-refractivity contribution in [3.63, 3.8) is 0 Å². The first-order valence-electron chi connectivity index (χ1n) is 6.19. The highest BCUT2D eigenvalue weighted by atomic mass is 16.5. The lowest BCUT2D eigenvalue weighted by molar-refractivity contribution is 0.0599. The van der Waals surface area contributed by atoms with Crippen LogP contribution in [0.15, 0.2) is 18.5 Å². The molecule has 1 N–H and O–H groups in total. The Morgan fingerprint density at radius 3 is 2.75 bits per heavy atom. The van der Waals surface area contributed by atoms with Gasteiger partial charge >= 0.3 is 5.97 Å². The summed E-state index contributed by atoms with van der Waals surface area (Å²) >= 11 is 0. The molecule has 2 aromatic rings. The third-order valence-corrected chi connectivity index (χ3v) is 2.99.